The van der Waals surface area contributed by atoms with E-state index in [1.807, 2.05) is 6.07 Å². The first-order valence-electron chi connectivity index (χ1n) is 6.19. The second kappa shape index (κ2) is 6.20. The van der Waals surface area contributed by atoms with Crippen LogP contribution in [0.5, 0.6) is 5.75 Å². The van der Waals surface area contributed by atoms with E-state index in [2.05, 4.69) is 4.74 Å². The van der Waals surface area contributed by atoms with E-state index in [-0.39, 0.29) is 6.61 Å². The highest BCUT2D eigenvalue weighted by atomic mass is 35.5. The van der Waals surface area contributed by atoms with E-state index in [4.69, 9.17) is 22.1 Å². The summed E-state index contributed by atoms with van der Waals surface area (Å²) in [5.74, 6) is 0.751. The van der Waals surface area contributed by atoms with Crippen molar-refractivity contribution in [1.82, 2.24) is 0 Å². The highest BCUT2D eigenvalue weighted by Crippen LogP contribution is 2.33. The van der Waals surface area contributed by atoms with Gasteiger partial charge in [0.25, 0.3) is 0 Å². The molecule has 2 rings (SSSR count). The summed E-state index contributed by atoms with van der Waals surface area (Å²) in [6.07, 6.45) is -3.19. The maximum atomic E-state index is 12.0. The molecule has 20 heavy (non-hydrogen) atoms. The fraction of sp³-hybridized carbons (Fsp3) is 0.538. The molecule has 1 aromatic rings. The minimum Gasteiger partial charge on any atom is -0.493 e. The van der Waals surface area contributed by atoms with Crippen molar-refractivity contribution in [2.24, 2.45) is 5.73 Å². The highest BCUT2D eigenvalue weighted by Gasteiger charge is 2.28. The molecule has 2 N–H and O–H groups in total. The molecular formula is C13H15ClF3NO2. The number of hydrogen-bond acceptors (Lipinski definition) is 3. The van der Waals surface area contributed by atoms with Gasteiger partial charge in [0, 0.05) is 17.5 Å². The Morgan fingerprint density at radius 2 is 2.15 bits per heavy atom. The molecule has 3 nitrogen and oxygen atoms in total. The van der Waals surface area contributed by atoms with E-state index in [0.717, 1.165) is 23.3 Å². The molecule has 1 aliphatic heterocycles. The molecule has 1 unspecified atom stereocenters. The lowest BCUT2D eigenvalue weighted by atomic mass is 10.0. The molecule has 0 spiro atoms. The Balaban J connectivity index is 1.93. The minimum absolute atomic E-state index is 0.166. The van der Waals surface area contributed by atoms with Crippen molar-refractivity contribution in [2.75, 3.05) is 19.8 Å². The van der Waals surface area contributed by atoms with Crippen molar-refractivity contribution in [2.45, 2.75) is 25.1 Å². The summed E-state index contributed by atoms with van der Waals surface area (Å²) in [6.45, 7) is -0.867. The zero-order chi connectivity index (χ0) is 14.8. The molecule has 0 radical (unpaired) electrons. The smallest absolute Gasteiger partial charge is 0.411 e. The molecule has 1 aliphatic rings. The van der Waals surface area contributed by atoms with Crippen LogP contribution in [0, 0.1) is 0 Å². The highest BCUT2D eigenvalue weighted by molar-refractivity contribution is 6.30. The van der Waals surface area contributed by atoms with Gasteiger partial charge in [0.2, 0.25) is 0 Å². The van der Waals surface area contributed by atoms with Crippen LogP contribution in [0.4, 0.5) is 13.2 Å². The summed E-state index contributed by atoms with van der Waals surface area (Å²) in [7, 11) is 0. The molecule has 0 fully saturated rings. The van der Waals surface area contributed by atoms with E-state index in [1.54, 1.807) is 6.07 Å². The van der Waals surface area contributed by atoms with Gasteiger partial charge in [-0.1, -0.05) is 11.6 Å². The largest absolute Gasteiger partial charge is 0.493 e. The Morgan fingerprint density at radius 1 is 1.40 bits per heavy atom. The molecule has 0 aromatic heterocycles. The SMILES string of the molecule is NC(COCC(F)(F)F)Cc1cc(Cl)cc2c1OCC2. The van der Waals surface area contributed by atoms with Crippen LogP contribution in [0.25, 0.3) is 0 Å². The van der Waals surface area contributed by atoms with E-state index >= 15 is 0 Å². The summed E-state index contributed by atoms with van der Waals surface area (Å²) in [5.41, 5.74) is 7.61. The summed E-state index contributed by atoms with van der Waals surface area (Å²) in [5, 5.41) is 0.577. The Hall–Kier alpha value is -0.980. The third-order valence-electron chi connectivity index (χ3n) is 2.91. The molecular weight excluding hydrogens is 295 g/mol. The number of nitrogens with two attached hydrogens (primary N) is 1. The van der Waals surface area contributed by atoms with Crippen molar-refractivity contribution >= 4 is 11.6 Å². The third-order valence-corrected chi connectivity index (χ3v) is 3.12. The van der Waals surface area contributed by atoms with E-state index in [0.29, 0.717) is 18.1 Å². The van der Waals surface area contributed by atoms with Crippen LogP contribution in [-0.2, 0) is 17.6 Å². The quantitative estimate of drug-likeness (QED) is 0.909. The normalized spacial score (nSPS) is 15.8. The van der Waals surface area contributed by atoms with Crippen LogP contribution in [-0.4, -0.2) is 32.0 Å². The van der Waals surface area contributed by atoms with Gasteiger partial charge in [-0.3, -0.25) is 0 Å². The lowest BCUT2D eigenvalue weighted by molar-refractivity contribution is -0.174. The first-order chi connectivity index (χ1) is 9.35. The summed E-state index contributed by atoms with van der Waals surface area (Å²) < 4.78 is 46.0. The maximum Gasteiger partial charge on any atom is 0.411 e. The molecule has 7 heteroatoms. The fourth-order valence-corrected chi connectivity index (χ4v) is 2.43. The van der Waals surface area contributed by atoms with Crippen molar-refractivity contribution in [3.63, 3.8) is 0 Å². The van der Waals surface area contributed by atoms with Crippen molar-refractivity contribution in [3.8, 4) is 5.75 Å². The molecule has 0 aliphatic carbocycles. The Morgan fingerprint density at radius 3 is 2.85 bits per heavy atom. The van der Waals surface area contributed by atoms with Gasteiger partial charge in [0.05, 0.1) is 13.2 Å². The number of fused-ring (bicyclic) bond motifs is 1. The second-order valence-electron chi connectivity index (χ2n) is 4.75. The topological polar surface area (TPSA) is 44.5 Å². The van der Waals surface area contributed by atoms with E-state index in [9.17, 15) is 13.2 Å². The standard InChI is InChI=1S/C13H15ClF3NO2/c14-10-3-8-1-2-20-12(8)9(4-10)5-11(18)6-19-7-13(15,16)17/h3-4,11H,1-2,5-7,18H2. The Bertz CT molecular complexity index is 479. The second-order valence-corrected chi connectivity index (χ2v) is 5.18. The zero-order valence-electron chi connectivity index (χ0n) is 10.7. The van der Waals surface area contributed by atoms with Crippen LogP contribution >= 0.6 is 11.6 Å². The first kappa shape index (κ1) is 15.4. The summed E-state index contributed by atoms with van der Waals surface area (Å²) in [6, 6.07) is 3.03. The first-order valence-corrected chi connectivity index (χ1v) is 6.57. The number of alkyl halides is 3. The van der Waals surface area contributed by atoms with Crippen LogP contribution in [0.1, 0.15) is 11.1 Å². The number of rotatable bonds is 5. The van der Waals surface area contributed by atoms with Gasteiger partial charge in [-0.25, -0.2) is 0 Å². The van der Waals surface area contributed by atoms with E-state index < -0.39 is 18.8 Å². The van der Waals surface area contributed by atoms with Gasteiger partial charge in [0.15, 0.2) is 0 Å². The number of halogens is 4. The van der Waals surface area contributed by atoms with Crippen molar-refractivity contribution in [1.29, 1.82) is 0 Å². The molecule has 112 valence electrons. The Labute approximate surface area is 119 Å². The number of ether oxygens (including phenoxy) is 2. The van der Waals surface area contributed by atoms with Crippen LogP contribution in [0.3, 0.4) is 0 Å². The predicted octanol–water partition coefficient (Wildman–Crippen LogP) is 2.72. The van der Waals surface area contributed by atoms with Crippen molar-refractivity contribution in [3.05, 3.63) is 28.3 Å². The molecule has 1 heterocycles. The average Bonchev–Trinajstić information content (AvgIpc) is 2.74. The van der Waals surface area contributed by atoms with Crippen LogP contribution in [0.2, 0.25) is 5.02 Å². The van der Waals surface area contributed by atoms with Gasteiger partial charge in [0.1, 0.15) is 12.4 Å². The molecule has 0 saturated heterocycles. The van der Waals surface area contributed by atoms with Crippen LogP contribution < -0.4 is 10.5 Å². The molecule has 0 amide bonds. The summed E-state index contributed by atoms with van der Waals surface area (Å²) in [4.78, 5) is 0. The van der Waals surface area contributed by atoms with Crippen LogP contribution in [0.15, 0.2) is 12.1 Å². The van der Waals surface area contributed by atoms with Gasteiger partial charge >= 0.3 is 6.18 Å². The van der Waals surface area contributed by atoms with Gasteiger partial charge in [-0.2, -0.15) is 13.2 Å². The number of hydrogen-bond donors (Lipinski definition) is 1. The molecule has 1 atom stereocenters. The van der Waals surface area contributed by atoms with Gasteiger partial charge in [-0.05, 0) is 29.7 Å². The lowest BCUT2D eigenvalue weighted by Crippen LogP contribution is -2.31. The summed E-state index contributed by atoms with van der Waals surface area (Å²) >= 11 is 6.00. The van der Waals surface area contributed by atoms with Gasteiger partial charge < -0.3 is 15.2 Å². The predicted molar refractivity (Wildman–Crippen MR) is 69.2 cm³/mol. The van der Waals surface area contributed by atoms with Crippen molar-refractivity contribution < 1.29 is 22.6 Å². The monoisotopic (exact) mass is 309 g/mol. The minimum atomic E-state index is -4.33. The zero-order valence-corrected chi connectivity index (χ0v) is 11.4. The fourth-order valence-electron chi connectivity index (χ4n) is 2.17. The maximum absolute atomic E-state index is 12.0. The molecule has 1 aromatic carbocycles. The van der Waals surface area contributed by atoms with E-state index in [1.165, 1.54) is 0 Å². The Kier molecular flexibility index (Phi) is 4.78. The molecule has 0 saturated carbocycles. The van der Waals surface area contributed by atoms with Gasteiger partial charge in [-0.15, -0.1) is 0 Å². The average molecular weight is 310 g/mol. The third kappa shape index (κ3) is 4.26. The molecule has 0 bridgehead atoms. The lowest BCUT2D eigenvalue weighted by Gasteiger charge is -2.15. The number of benzene rings is 1.